The van der Waals surface area contributed by atoms with Gasteiger partial charge >= 0.3 is 0 Å². The summed E-state index contributed by atoms with van der Waals surface area (Å²) >= 11 is 0. The average Bonchev–Trinajstić information content (AvgIpc) is 2.37. The number of nitrogens with zero attached hydrogens (tertiary/aromatic N) is 1. The number of anilines is 1. The number of hydrogen-bond acceptors (Lipinski definition) is 4. The highest BCUT2D eigenvalue weighted by Gasteiger charge is 2.34. The fourth-order valence-corrected chi connectivity index (χ4v) is 2.15. The van der Waals surface area contributed by atoms with Gasteiger partial charge in [-0.1, -0.05) is 12.1 Å². The molecule has 104 valence electrons. The molecule has 19 heavy (non-hydrogen) atoms. The van der Waals surface area contributed by atoms with Gasteiger partial charge < -0.3 is 20.1 Å². The number of carbonyl (C=O) groups excluding carboxylic acids is 1. The number of nitrogens with two attached hydrogens (primary N) is 1. The standard InChI is InChI=1S/C14H20N2O3/c1-14(2)10-18-8-7-16(14)13(17)9-19-12-6-4-3-5-11(12)15/h3-6H,7-10,15H2,1-2H3. The lowest BCUT2D eigenvalue weighted by atomic mass is 10.0. The molecule has 5 heteroatoms. The minimum absolute atomic E-state index is 0.00234. The topological polar surface area (TPSA) is 64.8 Å². The van der Waals surface area contributed by atoms with E-state index in [4.69, 9.17) is 15.2 Å². The molecule has 1 heterocycles. The summed E-state index contributed by atoms with van der Waals surface area (Å²) in [6.07, 6.45) is 0. The Morgan fingerprint density at radius 2 is 2.21 bits per heavy atom. The van der Waals surface area contributed by atoms with Crippen molar-refractivity contribution in [3.63, 3.8) is 0 Å². The lowest BCUT2D eigenvalue weighted by molar-refractivity contribution is -0.148. The van der Waals surface area contributed by atoms with Crippen molar-refractivity contribution in [1.82, 2.24) is 4.90 Å². The minimum atomic E-state index is -0.291. The summed E-state index contributed by atoms with van der Waals surface area (Å²) in [5.41, 5.74) is 6.02. The number of carbonyl (C=O) groups is 1. The molecule has 0 spiro atoms. The van der Waals surface area contributed by atoms with Gasteiger partial charge in [-0.05, 0) is 26.0 Å². The third-order valence-electron chi connectivity index (χ3n) is 3.22. The highest BCUT2D eigenvalue weighted by molar-refractivity contribution is 5.79. The molecule has 1 aliphatic heterocycles. The van der Waals surface area contributed by atoms with Gasteiger partial charge in [0.2, 0.25) is 0 Å². The number of benzene rings is 1. The molecule has 1 fully saturated rings. The number of rotatable bonds is 3. The van der Waals surface area contributed by atoms with E-state index in [-0.39, 0.29) is 18.1 Å². The van der Waals surface area contributed by atoms with Crippen LogP contribution in [0.15, 0.2) is 24.3 Å². The Morgan fingerprint density at radius 3 is 2.89 bits per heavy atom. The van der Waals surface area contributed by atoms with Gasteiger partial charge in [-0.3, -0.25) is 4.79 Å². The van der Waals surface area contributed by atoms with Gasteiger partial charge in [0.15, 0.2) is 6.61 Å². The zero-order valence-corrected chi connectivity index (χ0v) is 11.4. The Morgan fingerprint density at radius 1 is 1.47 bits per heavy atom. The van der Waals surface area contributed by atoms with Crippen LogP contribution in [-0.2, 0) is 9.53 Å². The quantitative estimate of drug-likeness (QED) is 0.835. The maximum absolute atomic E-state index is 12.2. The van der Waals surface area contributed by atoms with E-state index in [9.17, 15) is 4.79 Å². The molecule has 1 aromatic carbocycles. The van der Waals surface area contributed by atoms with Gasteiger partial charge in [-0.25, -0.2) is 0 Å². The zero-order chi connectivity index (χ0) is 13.9. The molecule has 0 bridgehead atoms. The van der Waals surface area contributed by atoms with E-state index in [1.165, 1.54) is 0 Å². The number of morpholine rings is 1. The molecule has 0 unspecified atom stereocenters. The Labute approximate surface area is 113 Å². The van der Waals surface area contributed by atoms with Crippen molar-refractivity contribution in [2.75, 3.05) is 32.1 Å². The van der Waals surface area contributed by atoms with Gasteiger partial charge in [-0.2, -0.15) is 0 Å². The smallest absolute Gasteiger partial charge is 0.261 e. The lowest BCUT2D eigenvalue weighted by Gasteiger charge is -2.42. The monoisotopic (exact) mass is 264 g/mol. The third-order valence-corrected chi connectivity index (χ3v) is 3.22. The van der Waals surface area contributed by atoms with Crippen molar-refractivity contribution >= 4 is 11.6 Å². The fourth-order valence-electron chi connectivity index (χ4n) is 2.15. The van der Waals surface area contributed by atoms with E-state index in [2.05, 4.69) is 0 Å². The van der Waals surface area contributed by atoms with Crippen molar-refractivity contribution in [2.45, 2.75) is 19.4 Å². The normalized spacial score (nSPS) is 18.1. The van der Waals surface area contributed by atoms with Crippen LogP contribution in [0.4, 0.5) is 5.69 Å². The van der Waals surface area contributed by atoms with Gasteiger partial charge in [0.05, 0.1) is 24.4 Å². The van der Waals surface area contributed by atoms with Crippen LogP contribution in [0.5, 0.6) is 5.75 Å². The van der Waals surface area contributed by atoms with Gasteiger partial charge in [0, 0.05) is 6.54 Å². The second-order valence-corrected chi connectivity index (χ2v) is 5.24. The maximum atomic E-state index is 12.2. The van der Waals surface area contributed by atoms with Crippen molar-refractivity contribution in [2.24, 2.45) is 0 Å². The fraction of sp³-hybridized carbons (Fsp3) is 0.500. The molecule has 2 N–H and O–H groups in total. The van der Waals surface area contributed by atoms with E-state index in [0.29, 0.717) is 31.2 Å². The summed E-state index contributed by atoms with van der Waals surface area (Å²) < 4.78 is 10.9. The first-order valence-corrected chi connectivity index (χ1v) is 6.36. The van der Waals surface area contributed by atoms with Gasteiger partial charge in [0.1, 0.15) is 5.75 Å². The van der Waals surface area contributed by atoms with Crippen LogP contribution in [0.2, 0.25) is 0 Å². The van der Waals surface area contributed by atoms with Crippen molar-refractivity contribution in [3.05, 3.63) is 24.3 Å². The molecular weight excluding hydrogens is 244 g/mol. The molecule has 1 aromatic rings. The van der Waals surface area contributed by atoms with Crippen LogP contribution in [-0.4, -0.2) is 42.7 Å². The molecule has 1 saturated heterocycles. The largest absolute Gasteiger partial charge is 0.482 e. The predicted octanol–water partition coefficient (Wildman–Crippen LogP) is 1.28. The van der Waals surface area contributed by atoms with Gasteiger partial charge in [-0.15, -0.1) is 0 Å². The van der Waals surface area contributed by atoms with Crippen LogP contribution >= 0.6 is 0 Å². The molecular formula is C14H20N2O3. The highest BCUT2D eigenvalue weighted by atomic mass is 16.5. The minimum Gasteiger partial charge on any atom is -0.482 e. The molecule has 0 radical (unpaired) electrons. The van der Waals surface area contributed by atoms with E-state index >= 15 is 0 Å². The molecule has 0 aliphatic carbocycles. The molecule has 5 nitrogen and oxygen atoms in total. The summed E-state index contributed by atoms with van der Waals surface area (Å²) in [6, 6.07) is 7.16. The Balaban J connectivity index is 1.96. The first kappa shape index (κ1) is 13.7. The van der Waals surface area contributed by atoms with Crippen molar-refractivity contribution in [1.29, 1.82) is 0 Å². The van der Waals surface area contributed by atoms with Crippen LogP contribution in [0, 0.1) is 0 Å². The zero-order valence-electron chi connectivity index (χ0n) is 11.4. The number of amides is 1. The summed E-state index contributed by atoms with van der Waals surface area (Å²) in [5.74, 6) is 0.499. The van der Waals surface area contributed by atoms with Crippen LogP contribution in [0.3, 0.4) is 0 Å². The lowest BCUT2D eigenvalue weighted by Crippen LogP contribution is -2.56. The summed E-state index contributed by atoms with van der Waals surface area (Å²) in [6.45, 7) is 5.69. The Bertz CT molecular complexity index is 460. The van der Waals surface area contributed by atoms with E-state index in [1.807, 2.05) is 26.0 Å². The highest BCUT2D eigenvalue weighted by Crippen LogP contribution is 2.22. The van der Waals surface area contributed by atoms with E-state index in [0.717, 1.165) is 0 Å². The first-order valence-electron chi connectivity index (χ1n) is 6.36. The molecule has 0 atom stereocenters. The molecule has 1 amide bonds. The van der Waals surface area contributed by atoms with E-state index in [1.54, 1.807) is 17.0 Å². The number of nitrogen functional groups attached to an aromatic ring is 1. The van der Waals surface area contributed by atoms with E-state index < -0.39 is 0 Å². The molecule has 1 aliphatic rings. The second kappa shape index (κ2) is 5.48. The van der Waals surface area contributed by atoms with Crippen LogP contribution in [0.25, 0.3) is 0 Å². The molecule has 2 rings (SSSR count). The maximum Gasteiger partial charge on any atom is 0.261 e. The summed E-state index contributed by atoms with van der Waals surface area (Å²) in [4.78, 5) is 14.0. The average molecular weight is 264 g/mol. The number of ether oxygens (including phenoxy) is 2. The summed E-state index contributed by atoms with van der Waals surface area (Å²) in [5, 5.41) is 0. The Hall–Kier alpha value is -1.75. The van der Waals surface area contributed by atoms with Crippen molar-refractivity contribution < 1.29 is 14.3 Å². The first-order chi connectivity index (χ1) is 9.00. The summed E-state index contributed by atoms with van der Waals surface area (Å²) in [7, 11) is 0. The number of para-hydroxylation sites is 2. The predicted molar refractivity (Wildman–Crippen MR) is 73.0 cm³/mol. The third kappa shape index (κ3) is 3.17. The number of hydrogen-bond donors (Lipinski definition) is 1. The van der Waals surface area contributed by atoms with Crippen LogP contribution in [0.1, 0.15) is 13.8 Å². The molecule has 0 aromatic heterocycles. The second-order valence-electron chi connectivity index (χ2n) is 5.24. The molecule has 0 saturated carbocycles. The van der Waals surface area contributed by atoms with Crippen molar-refractivity contribution in [3.8, 4) is 5.75 Å². The van der Waals surface area contributed by atoms with Crippen LogP contribution < -0.4 is 10.5 Å². The van der Waals surface area contributed by atoms with Gasteiger partial charge in [0.25, 0.3) is 5.91 Å². The Kier molecular flexibility index (Phi) is 3.95. The SMILES string of the molecule is CC1(C)COCCN1C(=O)COc1ccccc1N.